The van der Waals surface area contributed by atoms with Gasteiger partial charge in [-0.05, 0) is 61.4 Å². The molecule has 0 aliphatic carbocycles. The fourth-order valence-electron chi connectivity index (χ4n) is 3.65. The highest BCUT2D eigenvalue weighted by Crippen LogP contribution is 2.22. The van der Waals surface area contributed by atoms with E-state index in [4.69, 9.17) is 0 Å². The zero-order valence-electron chi connectivity index (χ0n) is 17.4. The van der Waals surface area contributed by atoms with Crippen LogP contribution in [-0.4, -0.2) is 31.7 Å². The standard InChI is InChI=1S/C23H30N2O3S/c1-17(2)15-19-9-11-20(12-10-19)18(3)24-23(26)21-7-6-8-22(16-21)29(27,28)25-13-4-5-14-25/h6-12,16-18H,4-5,13-15H2,1-3H3,(H,24,26). The van der Waals surface area contributed by atoms with Crippen LogP contribution in [-0.2, 0) is 16.4 Å². The Labute approximate surface area is 174 Å². The van der Waals surface area contributed by atoms with Gasteiger partial charge in [0.25, 0.3) is 5.91 Å². The largest absolute Gasteiger partial charge is 0.346 e. The van der Waals surface area contributed by atoms with Crippen molar-refractivity contribution in [3.8, 4) is 0 Å². The van der Waals surface area contributed by atoms with E-state index >= 15 is 0 Å². The van der Waals surface area contributed by atoms with Crippen LogP contribution in [0.1, 0.15) is 61.1 Å². The molecule has 5 nitrogen and oxygen atoms in total. The summed E-state index contributed by atoms with van der Waals surface area (Å²) in [4.78, 5) is 12.9. The molecule has 0 aromatic heterocycles. The summed E-state index contributed by atoms with van der Waals surface area (Å²) in [6.07, 6.45) is 2.79. The van der Waals surface area contributed by atoms with E-state index in [2.05, 4.69) is 31.3 Å². The molecular formula is C23H30N2O3S. The minimum atomic E-state index is -3.54. The van der Waals surface area contributed by atoms with Gasteiger partial charge in [-0.3, -0.25) is 4.79 Å². The average Bonchev–Trinajstić information content (AvgIpc) is 3.24. The lowest BCUT2D eigenvalue weighted by Gasteiger charge is -2.17. The third-order valence-corrected chi connectivity index (χ3v) is 7.16. The topological polar surface area (TPSA) is 66.5 Å². The fourth-order valence-corrected chi connectivity index (χ4v) is 5.22. The van der Waals surface area contributed by atoms with Gasteiger partial charge in [-0.1, -0.05) is 44.2 Å². The molecule has 0 radical (unpaired) electrons. The van der Waals surface area contributed by atoms with Gasteiger partial charge < -0.3 is 5.32 Å². The van der Waals surface area contributed by atoms with E-state index in [0.29, 0.717) is 24.6 Å². The van der Waals surface area contributed by atoms with Crippen LogP contribution in [0, 0.1) is 5.92 Å². The lowest BCUT2D eigenvalue weighted by Crippen LogP contribution is -2.29. The van der Waals surface area contributed by atoms with Crippen molar-refractivity contribution in [2.75, 3.05) is 13.1 Å². The second-order valence-corrected chi connectivity index (χ2v) is 10.1. The molecule has 2 aromatic carbocycles. The van der Waals surface area contributed by atoms with Crippen LogP contribution >= 0.6 is 0 Å². The summed E-state index contributed by atoms with van der Waals surface area (Å²) in [6, 6.07) is 14.4. The van der Waals surface area contributed by atoms with Crippen LogP contribution in [0.3, 0.4) is 0 Å². The Kier molecular flexibility index (Phi) is 6.75. The molecule has 1 N–H and O–H groups in total. The van der Waals surface area contributed by atoms with Gasteiger partial charge in [-0.15, -0.1) is 0 Å². The normalized spacial score (nSPS) is 16.1. The highest BCUT2D eigenvalue weighted by molar-refractivity contribution is 7.89. The first-order valence-corrected chi connectivity index (χ1v) is 11.7. The zero-order chi connectivity index (χ0) is 21.0. The fraction of sp³-hybridized carbons (Fsp3) is 0.435. The second-order valence-electron chi connectivity index (χ2n) is 8.17. The molecule has 2 aromatic rings. The van der Waals surface area contributed by atoms with Gasteiger partial charge in [-0.25, -0.2) is 8.42 Å². The maximum absolute atomic E-state index is 12.8. The summed E-state index contributed by atoms with van der Waals surface area (Å²) in [7, 11) is -3.54. The predicted octanol–water partition coefficient (Wildman–Crippen LogP) is 4.16. The van der Waals surface area contributed by atoms with Gasteiger partial charge in [0.05, 0.1) is 10.9 Å². The van der Waals surface area contributed by atoms with Crippen LogP contribution in [0.4, 0.5) is 0 Å². The molecule has 0 spiro atoms. The molecule has 1 aliphatic rings. The van der Waals surface area contributed by atoms with Crippen LogP contribution in [0.15, 0.2) is 53.4 Å². The average molecular weight is 415 g/mol. The molecule has 1 unspecified atom stereocenters. The van der Waals surface area contributed by atoms with Crippen molar-refractivity contribution in [1.29, 1.82) is 0 Å². The van der Waals surface area contributed by atoms with Gasteiger partial charge in [-0.2, -0.15) is 4.31 Å². The van der Waals surface area contributed by atoms with E-state index in [0.717, 1.165) is 24.8 Å². The van der Waals surface area contributed by atoms with Crippen molar-refractivity contribution in [2.45, 2.75) is 51.0 Å². The summed E-state index contributed by atoms with van der Waals surface area (Å²) in [5.41, 5.74) is 2.65. The first-order valence-electron chi connectivity index (χ1n) is 10.3. The molecule has 1 atom stereocenters. The number of carbonyl (C=O) groups excluding carboxylic acids is 1. The number of hydrogen-bond acceptors (Lipinski definition) is 3. The van der Waals surface area contributed by atoms with Crippen LogP contribution in [0.2, 0.25) is 0 Å². The molecule has 156 valence electrons. The summed E-state index contributed by atoms with van der Waals surface area (Å²) in [5.74, 6) is 0.323. The number of benzene rings is 2. The molecular weight excluding hydrogens is 384 g/mol. The van der Waals surface area contributed by atoms with Crippen molar-refractivity contribution in [3.05, 3.63) is 65.2 Å². The Morgan fingerprint density at radius 1 is 1.03 bits per heavy atom. The zero-order valence-corrected chi connectivity index (χ0v) is 18.2. The maximum atomic E-state index is 12.8. The molecule has 1 fully saturated rings. The number of sulfonamides is 1. The molecule has 1 aliphatic heterocycles. The lowest BCUT2D eigenvalue weighted by atomic mass is 10.00. The number of nitrogens with one attached hydrogen (secondary N) is 1. The number of amides is 1. The quantitative estimate of drug-likeness (QED) is 0.740. The predicted molar refractivity (Wildman–Crippen MR) is 115 cm³/mol. The second kappa shape index (κ2) is 9.09. The lowest BCUT2D eigenvalue weighted by molar-refractivity contribution is 0.0939. The van der Waals surface area contributed by atoms with E-state index in [9.17, 15) is 13.2 Å². The Hall–Kier alpha value is -2.18. The third kappa shape index (κ3) is 5.25. The first-order chi connectivity index (χ1) is 13.8. The van der Waals surface area contributed by atoms with E-state index in [-0.39, 0.29) is 16.8 Å². The number of nitrogens with zero attached hydrogens (tertiary/aromatic N) is 1. The molecule has 0 saturated carbocycles. The van der Waals surface area contributed by atoms with Crippen molar-refractivity contribution in [2.24, 2.45) is 5.92 Å². The number of hydrogen-bond donors (Lipinski definition) is 1. The first kappa shape index (κ1) is 21.5. The van der Waals surface area contributed by atoms with Crippen LogP contribution in [0.5, 0.6) is 0 Å². The minimum absolute atomic E-state index is 0.172. The molecule has 0 bridgehead atoms. The van der Waals surface area contributed by atoms with Crippen molar-refractivity contribution in [3.63, 3.8) is 0 Å². The Balaban J connectivity index is 1.70. The number of rotatable bonds is 7. The maximum Gasteiger partial charge on any atom is 0.251 e. The molecule has 29 heavy (non-hydrogen) atoms. The Bertz CT molecular complexity index is 946. The smallest absolute Gasteiger partial charge is 0.251 e. The van der Waals surface area contributed by atoms with Gasteiger partial charge in [0.1, 0.15) is 0 Å². The molecule has 6 heteroatoms. The van der Waals surface area contributed by atoms with Crippen molar-refractivity contribution >= 4 is 15.9 Å². The van der Waals surface area contributed by atoms with E-state index in [1.165, 1.54) is 15.9 Å². The summed E-state index contributed by atoms with van der Waals surface area (Å²) < 4.78 is 27.0. The van der Waals surface area contributed by atoms with E-state index in [1.54, 1.807) is 18.2 Å². The van der Waals surface area contributed by atoms with E-state index in [1.807, 2.05) is 19.1 Å². The van der Waals surface area contributed by atoms with Crippen molar-refractivity contribution < 1.29 is 13.2 Å². The SMILES string of the molecule is CC(C)Cc1ccc(C(C)NC(=O)c2cccc(S(=O)(=O)N3CCCC3)c2)cc1. The van der Waals surface area contributed by atoms with Crippen LogP contribution in [0.25, 0.3) is 0 Å². The van der Waals surface area contributed by atoms with E-state index < -0.39 is 10.0 Å². The minimum Gasteiger partial charge on any atom is -0.346 e. The van der Waals surface area contributed by atoms with Gasteiger partial charge in [0.2, 0.25) is 10.0 Å². The summed E-state index contributed by atoms with van der Waals surface area (Å²) in [5, 5.41) is 2.97. The summed E-state index contributed by atoms with van der Waals surface area (Å²) in [6.45, 7) is 7.40. The van der Waals surface area contributed by atoms with Gasteiger partial charge >= 0.3 is 0 Å². The van der Waals surface area contributed by atoms with Crippen LogP contribution < -0.4 is 5.32 Å². The monoisotopic (exact) mass is 414 g/mol. The molecule has 1 saturated heterocycles. The molecule has 3 rings (SSSR count). The number of carbonyl (C=O) groups is 1. The molecule has 1 heterocycles. The van der Waals surface area contributed by atoms with Crippen molar-refractivity contribution in [1.82, 2.24) is 9.62 Å². The third-order valence-electron chi connectivity index (χ3n) is 5.27. The van der Waals surface area contributed by atoms with Gasteiger partial charge in [0.15, 0.2) is 0 Å². The molecule has 1 amide bonds. The highest BCUT2D eigenvalue weighted by Gasteiger charge is 2.27. The highest BCUT2D eigenvalue weighted by atomic mass is 32.2. The summed E-state index contributed by atoms with van der Waals surface area (Å²) >= 11 is 0. The Morgan fingerprint density at radius 3 is 2.31 bits per heavy atom. The van der Waals surface area contributed by atoms with Gasteiger partial charge in [0, 0.05) is 18.7 Å². The Morgan fingerprint density at radius 2 is 1.69 bits per heavy atom.